The lowest BCUT2D eigenvalue weighted by Gasteiger charge is -2.10. The van der Waals surface area contributed by atoms with Gasteiger partial charge in [-0.15, -0.1) is 0 Å². The lowest BCUT2D eigenvalue weighted by molar-refractivity contribution is 0.518. The highest BCUT2D eigenvalue weighted by Crippen LogP contribution is 2.22. The van der Waals surface area contributed by atoms with Gasteiger partial charge < -0.3 is 11.5 Å². The van der Waals surface area contributed by atoms with Crippen molar-refractivity contribution >= 4 is 22.9 Å². The first-order valence-electron chi connectivity index (χ1n) is 6.35. The molecule has 104 valence electrons. The summed E-state index contributed by atoms with van der Waals surface area (Å²) in [6.45, 7) is 4.97. The van der Waals surface area contributed by atoms with E-state index in [4.69, 9.17) is 11.5 Å². The molecule has 20 heavy (non-hydrogen) atoms. The molecule has 0 amide bonds. The molecule has 8 heteroatoms. The summed E-state index contributed by atoms with van der Waals surface area (Å²) in [7, 11) is 0. The van der Waals surface area contributed by atoms with Crippen LogP contribution < -0.4 is 11.5 Å². The first-order chi connectivity index (χ1) is 9.56. The number of fused-ring (bicyclic) bond motifs is 1. The maximum atomic E-state index is 5.89. The molecule has 0 aliphatic heterocycles. The molecule has 8 nitrogen and oxygen atoms in total. The van der Waals surface area contributed by atoms with E-state index in [0.29, 0.717) is 23.0 Å². The molecule has 3 rings (SSSR count). The second-order valence-corrected chi connectivity index (χ2v) is 5.01. The predicted octanol–water partition coefficient (Wildman–Crippen LogP) is 0.832. The van der Waals surface area contributed by atoms with E-state index < -0.39 is 0 Å². The van der Waals surface area contributed by atoms with E-state index in [1.165, 1.54) is 0 Å². The number of hydrogen-bond acceptors (Lipinski definition) is 6. The molecule has 0 aliphatic carbocycles. The van der Waals surface area contributed by atoms with Crippen LogP contribution in [-0.4, -0.2) is 29.3 Å². The molecule has 3 aromatic rings. The summed E-state index contributed by atoms with van der Waals surface area (Å²) in [5, 5.41) is 4.21. The Balaban J connectivity index is 2.31. The Bertz CT molecular complexity index is 740. The SMILES string of the molecule is CC(C)Cn1c(-n2cccn2)nc2c(N)nc(N)nc21. The van der Waals surface area contributed by atoms with E-state index in [1.54, 1.807) is 10.9 Å². The molecule has 0 saturated heterocycles. The second kappa shape index (κ2) is 4.48. The number of nitrogen functional groups attached to an aromatic ring is 2. The second-order valence-electron chi connectivity index (χ2n) is 5.01. The summed E-state index contributed by atoms with van der Waals surface area (Å²) in [5.74, 6) is 1.50. The monoisotopic (exact) mass is 272 g/mol. The van der Waals surface area contributed by atoms with Gasteiger partial charge in [-0.05, 0) is 12.0 Å². The van der Waals surface area contributed by atoms with E-state index >= 15 is 0 Å². The van der Waals surface area contributed by atoms with Crippen molar-refractivity contribution < 1.29 is 0 Å². The Morgan fingerprint density at radius 2 is 2.00 bits per heavy atom. The first-order valence-corrected chi connectivity index (χ1v) is 6.35. The van der Waals surface area contributed by atoms with Crippen molar-refractivity contribution in [2.75, 3.05) is 11.5 Å². The first kappa shape index (κ1) is 12.4. The molecule has 0 fully saturated rings. The van der Waals surface area contributed by atoms with Gasteiger partial charge >= 0.3 is 0 Å². The van der Waals surface area contributed by atoms with Crippen molar-refractivity contribution in [2.24, 2.45) is 5.92 Å². The molecule has 4 N–H and O–H groups in total. The van der Waals surface area contributed by atoms with Gasteiger partial charge in [0.05, 0.1) is 0 Å². The maximum Gasteiger partial charge on any atom is 0.233 e. The highest BCUT2D eigenvalue weighted by atomic mass is 15.4. The van der Waals surface area contributed by atoms with Crippen molar-refractivity contribution in [3.8, 4) is 5.95 Å². The molecular formula is C12H16N8. The van der Waals surface area contributed by atoms with Crippen LogP contribution in [0.2, 0.25) is 0 Å². The van der Waals surface area contributed by atoms with Gasteiger partial charge in [0.1, 0.15) is 0 Å². The third-order valence-electron chi connectivity index (χ3n) is 2.88. The largest absolute Gasteiger partial charge is 0.382 e. The molecular weight excluding hydrogens is 256 g/mol. The smallest absolute Gasteiger partial charge is 0.233 e. The van der Waals surface area contributed by atoms with E-state index in [-0.39, 0.29) is 11.8 Å². The summed E-state index contributed by atoms with van der Waals surface area (Å²) >= 11 is 0. The third-order valence-corrected chi connectivity index (χ3v) is 2.88. The zero-order valence-electron chi connectivity index (χ0n) is 11.4. The summed E-state index contributed by atoms with van der Waals surface area (Å²) < 4.78 is 3.64. The van der Waals surface area contributed by atoms with Crippen LogP contribution in [0.3, 0.4) is 0 Å². The highest BCUT2D eigenvalue weighted by molar-refractivity contribution is 5.84. The molecule has 3 aromatic heterocycles. The van der Waals surface area contributed by atoms with Crippen LogP contribution in [0.1, 0.15) is 13.8 Å². The zero-order chi connectivity index (χ0) is 14.3. The van der Waals surface area contributed by atoms with Crippen molar-refractivity contribution in [2.45, 2.75) is 20.4 Å². The molecule has 0 radical (unpaired) electrons. The topological polar surface area (TPSA) is 113 Å². The van der Waals surface area contributed by atoms with E-state index in [1.807, 2.05) is 16.8 Å². The van der Waals surface area contributed by atoms with Crippen molar-refractivity contribution in [3.05, 3.63) is 18.5 Å². The van der Waals surface area contributed by atoms with Gasteiger partial charge in [0, 0.05) is 18.9 Å². The van der Waals surface area contributed by atoms with Gasteiger partial charge in [-0.3, -0.25) is 4.57 Å². The van der Waals surface area contributed by atoms with Gasteiger partial charge in [-0.25, -0.2) is 9.67 Å². The van der Waals surface area contributed by atoms with E-state index in [0.717, 1.165) is 6.54 Å². The fourth-order valence-electron chi connectivity index (χ4n) is 2.12. The van der Waals surface area contributed by atoms with Gasteiger partial charge in [-0.2, -0.15) is 15.1 Å². The van der Waals surface area contributed by atoms with Gasteiger partial charge in [0.25, 0.3) is 0 Å². The zero-order valence-corrected chi connectivity index (χ0v) is 11.4. The van der Waals surface area contributed by atoms with Crippen LogP contribution in [0.15, 0.2) is 18.5 Å². The molecule has 0 saturated carbocycles. The summed E-state index contributed by atoms with van der Waals surface area (Å²) in [5.41, 5.74) is 12.8. The average Bonchev–Trinajstić information content (AvgIpc) is 2.97. The van der Waals surface area contributed by atoms with Crippen LogP contribution in [0, 0.1) is 5.92 Å². The van der Waals surface area contributed by atoms with Crippen molar-refractivity contribution in [1.82, 2.24) is 29.3 Å². The minimum atomic E-state index is 0.145. The molecule has 0 aliphatic rings. The van der Waals surface area contributed by atoms with Gasteiger partial charge in [0.2, 0.25) is 11.9 Å². The molecule has 3 heterocycles. The lowest BCUT2D eigenvalue weighted by Crippen LogP contribution is -2.12. The fraction of sp³-hybridized carbons (Fsp3) is 0.333. The number of aromatic nitrogens is 6. The minimum Gasteiger partial charge on any atom is -0.382 e. The van der Waals surface area contributed by atoms with Crippen molar-refractivity contribution in [3.63, 3.8) is 0 Å². The number of imidazole rings is 1. The molecule has 0 atom stereocenters. The Morgan fingerprint density at radius 1 is 1.20 bits per heavy atom. The Labute approximate surface area is 115 Å². The fourth-order valence-corrected chi connectivity index (χ4v) is 2.12. The molecule has 0 bridgehead atoms. The highest BCUT2D eigenvalue weighted by Gasteiger charge is 2.18. The van der Waals surface area contributed by atoms with Gasteiger partial charge in [0.15, 0.2) is 17.0 Å². The molecule has 0 unspecified atom stereocenters. The molecule has 0 aromatic carbocycles. The van der Waals surface area contributed by atoms with Crippen LogP contribution in [0.25, 0.3) is 17.1 Å². The number of rotatable bonds is 3. The number of nitrogens with two attached hydrogens (primary N) is 2. The standard InChI is InChI=1S/C12H16N8/c1-7(2)6-19-10-8(9(13)17-11(14)18-10)16-12(19)20-5-3-4-15-20/h3-5,7H,6H2,1-2H3,(H4,13,14,17,18). The predicted molar refractivity (Wildman–Crippen MR) is 76.1 cm³/mol. The third kappa shape index (κ3) is 1.94. The minimum absolute atomic E-state index is 0.145. The normalized spacial score (nSPS) is 11.6. The average molecular weight is 272 g/mol. The van der Waals surface area contributed by atoms with Crippen LogP contribution in [0.4, 0.5) is 11.8 Å². The number of hydrogen-bond donors (Lipinski definition) is 2. The Morgan fingerprint density at radius 3 is 2.65 bits per heavy atom. The summed E-state index contributed by atoms with van der Waals surface area (Å²) in [6, 6.07) is 1.84. The van der Waals surface area contributed by atoms with E-state index in [9.17, 15) is 0 Å². The van der Waals surface area contributed by atoms with Crippen LogP contribution in [0.5, 0.6) is 0 Å². The number of anilines is 2. The lowest BCUT2D eigenvalue weighted by atomic mass is 10.2. The summed E-state index contributed by atoms with van der Waals surface area (Å²) in [4.78, 5) is 12.7. The maximum absolute atomic E-state index is 5.89. The Kier molecular flexibility index (Phi) is 2.78. The van der Waals surface area contributed by atoms with E-state index in [2.05, 4.69) is 33.9 Å². The summed E-state index contributed by atoms with van der Waals surface area (Å²) in [6.07, 6.45) is 3.52. The quantitative estimate of drug-likeness (QED) is 0.730. The van der Waals surface area contributed by atoms with Crippen LogP contribution >= 0.6 is 0 Å². The molecule has 0 spiro atoms. The van der Waals surface area contributed by atoms with Crippen molar-refractivity contribution in [1.29, 1.82) is 0 Å². The van der Waals surface area contributed by atoms with Gasteiger partial charge in [-0.1, -0.05) is 13.8 Å². The van der Waals surface area contributed by atoms with Crippen LogP contribution in [-0.2, 0) is 6.54 Å². The Hall–Kier alpha value is -2.64. The number of nitrogens with zero attached hydrogens (tertiary/aromatic N) is 6.